The minimum Gasteiger partial charge on any atom is -0.393 e. The van der Waals surface area contributed by atoms with Gasteiger partial charge in [0.2, 0.25) is 0 Å². The summed E-state index contributed by atoms with van der Waals surface area (Å²) in [5.74, 6) is 0.790. The molecule has 1 fully saturated rings. The van der Waals surface area contributed by atoms with E-state index in [1.807, 2.05) is 55.2 Å². The molecule has 0 amide bonds. The van der Waals surface area contributed by atoms with Crippen LogP contribution in [0.15, 0.2) is 48.9 Å². The quantitative estimate of drug-likeness (QED) is 0.541. The number of anilines is 1. The standard InChI is InChI=1S/C23H26N6O/c1-15-10-16(2)29(27-15)23-11-17(8-9-24-23)21-13-25-22-7-6-19(14-28(21)22)26-18-4-3-5-20(30)12-18/h6-11,13-14,18,20,26,30H,3-5,12H2,1-2H3/t18-,20-/m0/s1. The Morgan fingerprint density at radius 2 is 2.00 bits per heavy atom. The molecule has 4 heterocycles. The second-order valence-electron chi connectivity index (χ2n) is 8.19. The molecular weight excluding hydrogens is 376 g/mol. The van der Waals surface area contributed by atoms with Crippen LogP contribution in [0.4, 0.5) is 5.69 Å². The van der Waals surface area contributed by atoms with E-state index in [2.05, 4.69) is 37.0 Å². The van der Waals surface area contributed by atoms with Crippen LogP contribution in [0.25, 0.3) is 22.7 Å². The molecule has 0 radical (unpaired) electrons. The third-order valence-corrected chi connectivity index (χ3v) is 5.79. The normalized spacial score (nSPS) is 19.3. The monoisotopic (exact) mass is 402 g/mol. The number of nitrogens with zero attached hydrogens (tertiary/aromatic N) is 5. The van der Waals surface area contributed by atoms with Gasteiger partial charge in [0.05, 0.1) is 29.4 Å². The van der Waals surface area contributed by atoms with Gasteiger partial charge in [0.15, 0.2) is 5.82 Å². The van der Waals surface area contributed by atoms with E-state index in [-0.39, 0.29) is 6.10 Å². The minimum absolute atomic E-state index is 0.201. The average molecular weight is 403 g/mol. The van der Waals surface area contributed by atoms with Gasteiger partial charge in [0.1, 0.15) is 5.65 Å². The number of hydrogen-bond donors (Lipinski definition) is 2. The zero-order chi connectivity index (χ0) is 20.7. The van der Waals surface area contributed by atoms with Gasteiger partial charge in [-0.25, -0.2) is 14.6 Å². The summed E-state index contributed by atoms with van der Waals surface area (Å²) in [7, 11) is 0. The topological polar surface area (TPSA) is 80.3 Å². The summed E-state index contributed by atoms with van der Waals surface area (Å²) in [6.07, 6.45) is 9.44. The van der Waals surface area contributed by atoms with Gasteiger partial charge in [-0.1, -0.05) is 0 Å². The van der Waals surface area contributed by atoms with Gasteiger partial charge in [-0.15, -0.1) is 0 Å². The molecule has 0 bridgehead atoms. The van der Waals surface area contributed by atoms with Gasteiger partial charge in [-0.3, -0.25) is 4.40 Å². The third kappa shape index (κ3) is 3.57. The van der Waals surface area contributed by atoms with Crippen LogP contribution in [0.3, 0.4) is 0 Å². The molecule has 2 N–H and O–H groups in total. The largest absolute Gasteiger partial charge is 0.393 e. The van der Waals surface area contributed by atoms with Crippen molar-refractivity contribution in [1.82, 2.24) is 24.1 Å². The third-order valence-electron chi connectivity index (χ3n) is 5.79. The molecule has 154 valence electrons. The van der Waals surface area contributed by atoms with Crippen molar-refractivity contribution in [3.05, 3.63) is 60.3 Å². The van der Waals surface area contributed by atoms with Crippen LogP contribution < -0.4 is 5.32 Å². The first kappa shape index (κ1) is 18.8. The van der Waals surface area contributed by atoms with E-state index >= 15 is 0 Å². The van der Waals surface area contributed by atoms with Gasteiger partial charge < -0.3 is 10.4 Å². The second kappa shape index (κ2) is 7.57. The van der Waals surface area contributed by atoms with Crippen molar-refractivity contribution in [3.63, 3.8) is 0 Å². The second-order valence-corrected chi connectivity index (χ2v) is 8.19. The van der Waals surface area contributed by atoms with Crippen molar-refractivity contribution < 1.29 is 5.11 Å². The van der Waals surface area contributed by atoms with Crippen molar-refractivity contribution in [1.29, 1.82) is 0 Å². The summed E-state index contributed by atoms with van der Waals surface area (Å²) in [4.78, 5) is 9.08. The van der Waals surface area contributed by atoms with E-state index in [1.165, 1.54) is 0 Å². The van der Waals surface area contributed by atoms with Gasteiger partial charge in [-0.2, -0.15) is 5.10 Å². The fourth-order valence-corrected chi connectivity index (χ4v) is 4.36. The van der Waals surface area contributed by atoms with E-state index in [0.717, 1.165) is 65.5 Å². The Kier molecular flexibility index (Phi) is 4.75. The highest BCUT2D eigenvalue weighted by atomic mass is 16.3. The number of fused-ring (bicyclic) bond motifs is 1. The molecule has 1 aliphatic rings. The van der Waals surface area contributed by atoms with Crippen molar-refractivity contribution in [2.75, 3.05) is 5.32 Å². The summed E-state index contributed by atoms with van der Waals surface area (Å²) in [5.41, 5.74) is 5.99. The number of imidazole rings is 1. The van der Waals surface area contributed by atoms with Gasteiger partial charge >= 0.3 is 0 Å². The van der Waals surface area contributed by atoms with Gasteiger partial charge in [-0.05, 0) is 69.9 Å². The van der Waals surface area contributed by atoms with Crippen molar-refractivity contribution in [2.45, 2.75) is 51.7 Å². The van der Waals surface area contributed by atoms with E-state index in [4.69, 9.17) is 0 Å². The highest BCUT2D eigenvalue weighted by molar-refractivity contribution is 5.66. The van der Waals surface area contributed by atoms with Crippen molar-refractivity contribution in [3.8, 4) is 17.1 Å². The van der Waals surface area contributed by atoms with Crippen LogP contribution in [0.1, 0.15) is 37.1 Å². The minimum atomic E-state index is -0.201. The molecule has 0 unspecified atom stereocenters. The summed E-state index contributed by atoms with van der Waals surface area (Å²) in [6, 6.07) is 10.5. The lowest BCUT2D eigenvalue weighted by Gasteiger charge is -2.27. The molecule has 0 saturated heterocycles. The SMILES string of the molecule is Cc1cc(C)n(-c2cc(-c3cnc4ccc(N[C@H]5CCC[C@H](O)C5)cn34)ccn2)n1. The molecule has 30 heavy (non-hydrogen) atoms. The number of rotatable bonds is 4. The Morgan fingerprint density at radius 1 is 1.10 bits per heavy atom. The van der Waals surface area contributed by atoms with Gasteiger partial charge in [0, 0.05) is 29.7 Å². The highest BCUT2D eigenvalue weighted by Gasteiger charge is 2.20. The average Bonchev–Trinajstić information content (AvgIpc) is 3.30. The first-order chi connectivity index (χ1) is 14.6. The van der Waals surface area contributed by atoms with Crippen LogP contribution in [-0.2, 0) is 0 Å². The lowest BCUT2D eigenvalue weighted by Crippen LogP contribution is -2.29. The number of aliphatic hydroxyl groups excluding tert-OH is 1. The lowest BCUT2D eigenvalue weighted by molar-refractivity contribution is 0.124. The Labute approximate surface area is 175 Å². The van der Waals surface area contributed by atoms with E-state index < -0.39 is 0 Å². The molecule has 4 aromatic heterocycles. The Bertz CT molecular complexity index is 1190. The molecule has 1 saturated carbocycles. The lowest BCUT2D eigenvalue weighted by atomic mass is 9.93. The zero-order valence-corrected chi connectivity index (χ0v) is 17.3. The summed E-state index contributed by atoms with van der Waals surface area (Å²) >= 11 is 0. The molecule has 0 aliphatic heterocycles. The van der Waals surface area contributed by atoms with Crippen LogP contribution in [-0.4, -0.2) is 41.4 Å². The Balaban J connectivity index is 1.49. The smallest absolute Gasteiger partial charge is 0.154 e. The fourth-order valence-electron chi connectivity index (χ4n) is 4.36. The molecule has 2 atom stereocenters. The first-order valence-electron chi connectivity index (χ1n) is 10.5. The molecule has 4 aromatic rings. The molecule has 0 aromatic carbocycles. The molecule has 7 nitrogen and oxygen atoms in total. The maximum Gasteiger partial charge on any atom is 0.154 e. The molecule has 7 heteroatoms. The number of nitrogens with one attached hydrogen (secondary N) is 1. The number of aryl methyl sites for hydroxylation is 2. The maximum atomic E-state index is 9.96. The number of aliphatic hydroxyl groups is 1. The predicted molar refractivity (Wildman–Crippen MR) is 117 cm³/mol. The van der Waals surface area contributed by atoms with Crippen LogP contribution in [0.2, 0.25) is 0 Å². The Hall–Kier alpha value is -3.19. The van der Waals surface area contributed by atoms with Crippen LogP contribution in [0, 0.1) is 13.8 Å². The molecular formula is C23H26N6O. The van der Waals surface area contributed by atoms with Crippen LogP contribution in [0.5, 0.6) is 0 Å². The van der Waals surface area contributed by atoms with Gasteiger partial charge in [0.25, 0.3) is 0 Å². The first-order valence-corrected chi connectivity index (χ1v) is 10.5. The molecule has 1 aliphatic carbocycles. The maximum absolute atomic E-state index is 9.96. The summed E-state index contributed by atoms with van der Waals surface area (Å²) in [5, 5.41) is 18.1. The van der Waals surface area contributed by atoms with E-state index in [1.54, 1.807) is 0 Å². The summed E-state index contributed by atoms with van der Waals surface area (Å²) < 4.78 is 3.96. The number of pyridine rings is 2. The van der Waals surface area contributed by atoms with Crippen molar-refractivity contribution in [2.24, 2.45) is 0 Å². The molecule has 5 rings (SSSR count). The van der Waals surface area contributed by atoms with E-state index in [0.29, 0.717) is 6.04 Å². The zero-order valence-electron chi connectivity index (χ0n) is 17.3. The highest BCUT2D eigenvalue weighted by Crippen LogP contribution is 2.26. The van der Waals surface area contributed by atoms with Crippen LogP contribution >= 0.6 is 0 Å². The fraction of sp³-hybridized carbons (Fsp3) is 0.348. The van der Waals surface area contributed by atoms with Crippen molar-refractivity contribution >= 4 is 11.3 Å². The van der Waals surface area contributed by atoms with E-state index in [9.17, 15) is 5.11 Å². The number of aromatic nitrogens is 5. The predicted octanol–water partition coefficient (Wildman–Crippen LogP) is 3.91. The Morgan fingerprint density at radius 3 is 2.80 bits per heavy atom. The summed E-state index contributed by atoms with van der Waals surface area (Å²) in [6.45, 7) is 4.01. The molecule has 0 spiro atoms. The number of hydrogen-bond acceptors (Lipinski definition) is 5.